The maximum Gasteiger partial charge on any atom is 0.336 e. The number of anilines is 1. The lowest BCUT2D eigenvalue weighted by Gasteiger charge is -2.36. The number of piperazine rings is 1. The highest BCUT2D eigenvalue weighted by molar-refractivity contribution is 5.99. The molecule has 40 heavy (non-hydrogen) atoms. The molecule has 9 heteroatoms. The second-order valence-corrected chi connectivity index (χ2v) is 10.3. The standard InChI is InChI=1S/C31H39N3O6/c1-20-6-10-24(11-7-20)34-16-14-33(15-17-34)18-25(35)19-40-26-12-8-23(9-13-26)29-27(30(36)38-4)21(2)32-22(3)28(29)31(37)39-5/h6-13,25,29,32,35H,14-19H2,1-5H3. The number of esters is 2. The Hall–Kier alpha value is -3.82. The van der Waals surface area contributed by atoms with Crippen LogP contribution in [0.3, 0.4) is 0 Å². The third-order valence-electron chi connectivity index (χ3n) is 7.47. The fraction of sp³-hybridized carbons (Fsp3) is 0.419. The van der Waals surface area contributed by atoms with Crippen molar-refractivity contribution >= 4 is 17.6 Å². The first-order chi connectivity index (χ1) is 19.2. The molecule has 0 aliphatic carbocycles. The van der Waals surface area contributed by atoms with Crippen LogP contribution in [0, 0.1) is 6.92 Å². The number of carbonyl (C=O) groups excluding carboxylic acids is 2. The number of nitrogens with zero attached hydrogens (tertiary/aromatic N) is 2. The molecule has 2 aliphatic rings. The fourth-order valence-electron chi connectivity index (χ4n) is 5.33. The molecule has 0 aromatic heterocycles. The summed E-state index contributed by atoms with van der Waals surface area (Å²) in [5.41, 5.74) is 5.13. The number of ether oxygens (including phenoxy) is 3. The van der Waals surface area contributed by atoms with Crippen LogP contribution in [0.1, 0.15) is 30.9 Å². The van der Waals surface area contributed by atoms with Gasteiger partial charge in [0.05, 0.1) is 31.3 Å². The van der Waals surface area contributed by atoms with Crippen LogP contribution in [0.15, 0.2) is 71.1 Å². The highest BCUT2D eigenvalue weighted by atomic mass is 16.5. The van der Waals surface area contributed by atoms with Crippen LogP contribution < -0.4 is 15.0 Å². The molecule has 0 saturated carbocycles. The summed E-state index contributed by atoms with van der Waals surface area (Å²) in [6, 6.07) is 15.8. The molecule has 0 radical (unpaired) electrons. The molecular weight excluding hydrogens is 510 g/mol. The van der Waals surface area contributed by atoms with E-state index in [4.69, 9.17) is 14.2 Å². The number of carbonyl (C=O) groups is 2. The molecule has 2 heterocycles. The number of methoxy groups -OCH3 is 2. The summed E-state index contributed by atoms with van der Waals surface area (Å²) in [6.45, 7) is 9.91. The molecule has 0 spiro atoms. The Morgan fingerprint density at radius 2 is 1.43 bits per heavy atom. The smallest absolute Gasteiger partial charge is 0.336 e. The minimum atomic E-state index is -0.653. The van der Waals surface area contributed by atoms with Gasteiger partial charge in [-0.3, -0.25) is 4.90 Å². The Kier molecular flexibility index (Phi) is 9.50. The van der Waals surface area contributed by atoms with E-state index >= 15 is 0 Å². The van der Waals surface area contributed by atoms with Gasteiger partial charge in [-0.05, 0) is 50.6 Å². The Balaban J connectivity index is 1.35. The van der Waals surface area contributed by atoms with Gasteiger partial charge in [-0.25, -0.2) is 9.59 Å². The van der Waals surface area contributed by atoms with Crippen LogP contribution in [-0.2, 0) is 19.1 Å². The van der Waals surface area contributed by atoms with Gasteiger partial charge in [0.2, 0.25) is 0 Å². The summed E-state index contributed by atoms with van der Waals surface area (Å²) in [7, 11) is 2.63. The predicted octanol–water partition coefficient (Wildman–Crippen LogP) is 3.14. The van der Waals surface area contributed by atoms with Crippen LogP contribution in [0.4, 0.5) is 5.69 Å². The van der Waals surface area contributed by atoms with E-state index in [1.807, 2.05) is 12.1 Å². The van der Waals surface area contributed by atoms with E-state index in [0.717, 1.165) is 31.7 Å². The van der Waals surface area contributed by atoms with Crippen molar-refractivity contribution in [2.24, 2.45) is 0 Å². The Bertz CT molecular complexity index is 1220. The van der Waals surface area contributed by atoms with Crippen molar-refractivity contribution in [2.75, 3.05) is 58.5 Å². The number of allylic oxidation sites excluding steroid dienone is 2. The molecule has 0 amide bonds. The van der Waals surface area contributed by atoms with Gasteiger partial charge in [0.15, 0.2) is 0 Å². The summed E-state index contributed by atoms with van der Waals surface area (Å²) in [5.74, 6) is -1.11. The Labute approximate surface area is 236 Å². The maximum absolute atomic E-state index is 12.7. The molecule has 1 atom stereocenters. The van der Waals surface area contributed by atoms with Crippen LogP contribution in [0.2, 0.25) is 0 Å². The van der Waals surface area contributed by atoms with E-state index in [1.54, 1.807) is 26.0 Å². The molecule has 2 aliphatic heterocycles. The molecular formula is C31H39N3O6. The molecule has 1 unspecified atom stereocenters. The van der Waals surface area contributed by atoms with Gasteiger partial charge in [0.1, 0.15) is 18.5 Å². The highest BCUT2D eigenvalue weighted by Crippen LogP contribution is 2.39. The number of benzene rings is 2. The van der Waals surface area contributed by atoms with Crippen molar-refractivity contribution in [2.45, 2.75) is 32.8 Å². The van der Waals surface area contributed by atoms with Gasteiger partial charge in [0, 0.05) is 49.8 Å². The zero-order valence-corrected chi connectivity index (χ0v) is 23.9. The summed E-state index contributed by atoms with van der Waals surface area (Å²) < 4.78 is 15.9. The number of nitrogens with one attached hydrogen (secondary N) is 1. The van der Waals surface area contributed by atoms with E-state index in [2.05, 4.69) is 46.3 Å². The van der Waals surface area contributed by atoms with Gasteiger partial charge in [0.25, 0.3) is 0 Å². The summed E-state index contributed by atoms with van der Waals surface area (Å²) in [5, 5.41) is 13.7. The fourth-order valence-corrected chi connectivity index (χ4v) is 5.33. The van der Waals surface area contributed by atoms with E-state index < -0.39 is 24.0 Å². The first kappa shape index (κ1) is 29.2. The monoisotopic (exact) mass is 549 g/mol. The zero-order valence-electron chi connectivity index (χ0n) is 23.9. The molecule has 9 nitrogen and oxygen atoms in total. The summed E-state index contributed by atoms with van der Waals surface area (Å²) in [4.78, 5) is 30.0. The number of aliphatic hydroxyl groups is 1. The molecule has 1 fully saturated rings. The van der Waals surface area contributed by atoms with E-state index in [9.17, 15) is 14.7 Å². The van der Waals surface area contributed by atoms with Crippen LogP contribution in [0.25, 0.3) is 0 Å². The second kappa shape index (κ2) is 13.0. The van der Waals surface area contributed by atoms with E-state index in [1.165, 1.54) is 25.5 Å². The van der Waals surface area contributed by atoms with Gasteiger partial charge < -0.3 is 29.5 Å². The number of hydrogen-bond acceptors (Lipinski definition) is 9. The van der Waals surface area contributed by atoms with Crippen molar-refractivity contribution < 1.29 is 28.9 Å². The number of rotatable bonds is 9. The minimum absolute atomic E-state index is 0.156. The average molecular weight is 550 g/mol. The lowest BCUT2D eigenvalue weighted by molar-refractivity contribution is -0.137. The first-order valence-electron chi connectivity index (χ1n) is 13.5. The molecule has 214 valence electrons. The first-order valence-corrected chi connectivity index (χ1v) is 13.5. The SMILES string of the molecule is COC(=O)C1=C(C)NC(C)=C(C(=O)OC)C1c1ccc(OCC(O)CN2CCN(c3ccc(C)cc3)CC2)cc1. The van der Waals surface area contributed by atoms with Crippen LogP contribution in [0.5, 0.6) is 5.75 Å². The van der Waals surface area contributed by atoms with E-state index in [0.29, 0.717) is 34.8 Å². The quantitative estimate of drug-likeness (QED) is 0.457. The molecule has 2 N–H and O–H groups in total. The number of hydrogen-bond donors (Lipinski definition) is 2. The number of aryl methyl sites for hydroxylation is 1. The van der Waals surface area contributed by atoms with Gasteiger partial charge in [-0.1, -0.05) is 29.8 Å². The van der Waals surface area contributed by atoms with Crippen LogP contribution >= 0.6 is 0 Å². The molecule has 1 saturated heterocycles. The highest BCUT2D eigenvalue weighted by Gasteiger charge is 2.37. The third kappa shape index (κ3) is 6.66. The molecule has 4 rings (SSSR count). The van der Waals surface area contributed by atoms with E-state index in [-0.39, 0.29) is 6.61 Å². The Morgan fingerprint density at radius 3 is 1.95 bits per heavy atom. The topological polar surface area (TPSA) is 101 Å². The largest absolute Gasteiger partial charge is 0.491 e. The second-order valence-electron chi connectivity index (χ2n) is 10.3. The minimum Gasteiger partial charge on any atom is -0.491 e. The maximum atomic E-state index is 12.7. The Morgan fingerprint density at radius 1 is 0.875 bits per heavy atom. The normalized spacial score (nSPS) is 17.4. The zero-order chi connectivity index (χ0) is 28.8. The van der Waals surface area contributed by atoms with Crippen molar-refractivity contribution in [3.8, 4) is 5.75 Å². The van der Waals surface area contributed by atoms with Gasteiger partial charge in [-0.15, -0.1) is 0 Å². The lowest BCUT2D eigenvalue weighted by atomic mass is 9.80. The van der Waals surface area contributed by atoms with Gasteiger partial charge >= 0.3 is 11.9 Å². The molecule has 2 aromatic rings. The average Bonchev–Trinajstić information content (AvgIpc) is 2.96. The molecule has 2 aromatic carbocycles. The number of β-amino-alcohol motifs (C(OH)–C–C–N with tert-alkyl or cyclic N) is 1. The van der Waals surface area contributed by atoms with Crippen molar-refractivity contribution in [3.05, 3.63) is 82.2 Å². The predicted molar refractivity (Wildman–Crippen MR) is 153 cm³/mol. The van der Waals surface area contributed by atoms with Crippen molar-refractivity contribution in [1.82, 2.24) is 10.2 Å². The number of dihydropyridines is 1. The molecule has 0 bridgehead atoms. The summed E-state index contributed by atoms with van der Waals surface area (Å²) in [6.07, 6.45) is -0.636. The van der Waals surface area contributed by atoms with Crippen molar-refractivity contribution in [1.29, 1.82) is 0 Å². The summed E-state index contributed by atoms with van der Waals surface area (Å²) >= 11 is 0. The van der Waals surface area contributed by atoms with Crippen molar-refractivity contribution in [3.63, 3.8) is 0 Å². The van der Waals surface area contributed by atoms with Gasteiger partial charge in [-0.2, -0.15) is 0 Å². The third-order valence-corrected chi connectivity index (χ3v) is 7.47. The number of aliphatic hydroxyl groups excluding tert-OH is 1. The lowest BCUT2D eigenvalue weighted by Crippen LogP contribution is -2.49. The van der Waals surface area contributed by atoms with Crippen LogP contribution in [-0.4, -0.2) is 81.6 Å².